The van der Waals surface area contributed by atoms with E-state index >= 15 is 0 Å². The van der Waals surface area contributed by atoms with Crippen molar-refractivity contribution in [2.75, 3.05) is 18.4 Å². The number of pyridine rings is 1. The van der Waals surface area contributed by atoms with Crippen molar-refractivity contribution >= 4 is 22.6 Å². The Morgan fingerprint density at radius 1 is 1.41 bits per heavy atom. The summed E-state index contributed by atoms with van der Waals surface area (Å²) in [6.07, 6.45) is 4.06. The highest BCUT2D eigenvalue weighted by Gasteiger charge is 2.32. The molecule has 0 saturated carbocycles. The van der Waals surface area contributed by atoms with E-state index in [2.05, 4.69) is 16.4 Å². The van der Waals surface area contributed by atoms with E-state index in [0.717, 1.165) is 31.4 Å². The number of aryl methyl sites for hydroxylation is 2. The molecule has 2 aliphatic rings. The van der Waals surface area contributed by atoms with Gasteiger partial charge in [0.1, 0.15) is 5.82 Å². The van der Waals surface area contributed by atoms with Crippen LogP contribution in [0, 0.1) is 0 Å². The van der Waals surface area contributed by atoms with E-state index in [1.54, 1.807) is 4.90 Å². The Balaban J connectivity index is 1.68. The van der Waals surface area contributed by atoms with E-state index in [9.17, 15) is 9.00 Å². The summed E-state index contributed by atoms with van der Waals surface area (Å²) >= 11 is 0. The lowest BCUT2D eigenvalue weighted by Crippen LogP contribution is -2.51. The highest BCUT2D eigenvalue weighted by Crippen LogP contribution is 2.22. The zero-order chi connectivity index (χ0) is 15.7. The molecule has 0 radical (unpaired) electrons. The van der Waals surface area contributed by atoms with Gasteiger partial charge in [0, 0.05) is 34.8 Å². The summed E-state index contributed by atoms with van der Waals surface area (Å²) in [5.41, 5.74) is 2.41. The van der Waals surface area contributed by atoms with Crippen LogP contribution in [0.25, 0.3) is 0 Å². The van der Waals surface area contributed by atoms with E-state index in [1.807, 2.05) is 19.9 Å². The number of urea groups is 1. The number of nitrogens with one attached hydrogen (secondary N) is 1. The fraction of sp³-hybridized carbons (Fsp3) is 0.625. The number of amides is 2. The van der Waals surface area contributed by atoms with Gasteiger partial charge < -0.3 is 4.90 Å². The van der Waals surface area contributed by atoms with Gasteiger partial charge >= 0.3 is 6.03 Å². The molecule has 1 aliphatic heterocycles. The van der Waals surface area contributed by atoms with Crippen molar-refractivity contribution in [1.82, 2.24) is 9.88 Å². The molecule has 1 aromatic rings. The van der Waals surface area contributed by atoms with E-state index in [1.165, 1.54) is 5.56 Å². The summed E-state index contributed by atoms with van der Waals surface area (Å²) in [4.78, 5) is 18.8. The Bertz CT molecular complexity index is 605. The molecule has 2 amide bonds. The van der Waals surface area contributed by atoms with Crippen LogP contribution in [0.4, 0.5) is 10.6 Å². The van der Waals surface area contributed by atoms with Crippen LogP contribution in [-0.4, -0.2) is 43.7 Å². The topological polar surface area (TPSA) is 62.3 Å². The van der Waals surface area contributed by atoms with Crippen LogP contribution in [0.3, 0.4) is 0 Å². The van der Waals surface area contributed by atoms with Gasteiger partial charge in [0.25, 0.3) is 0 Å². The molecule has 6 heteroatoms. The Hall–Kier alpha value is -1.43. The zero-order valence-electron chi connectivity index (χ0n) is 13.2. The van der Waals surface area contributed by atoms with Gasteiger partial charge in [-0.05, 0) is 44.2 Å². The second-order valence-electron chi connectivity index (χ2n) is 6.16. The van der Waals surface area contributed by atoms with Gasteiger partial charge in [-0.1, -0.05) is 13.0 Å². The standard InChI is InChI=1S/C16H23N3O2S/c1-3-13-10-19(9-11(2)22(13)21)16(20)18-15-8-7-12-5-4-6-14(12)17-15/h7-8,11,13H,3-6,9-10H2,1-2H3,(H,17,18,20). The van der Waals surface area contributed by atoms with Gasteiger partial charge in [0.2, 0.25) is 0 Å². The minimum atomic E-state index is -0.844. The van der Waals surface area contributed by atoms with E-state index in [4.69, 9.17) is 0 Å². The number of carbonyl (C=O) groups excluding carboxylic acids is 1. The van der Waals surface area contributed by atoms with Crippen LogP contribution in [0.2, 0.25) is 0 Å². The molecule has 0 aromatic carbocycles. The van der Waals surface area contributed by atoms with Crippen LogP contribution >= 0.6 is 0 Å². The highest BCUT2D eigenvalue weighted by molar-refractivity contribution is 7.86. The number of nitrogens with zero attached hydrogens (tertiary/aromatic N) is 2. The molecule has 5 nitrogen and oxygen atoms in total. The fourth-order valence-corrected chi connectivity index (χ4v) is 4.88. The van der Waals surface area contributed by atoms with Crippen LogP contribution in [0.15, 0.2) is 12.1 Å². The van der Waals surface area contributed by atoms with Crippen LogP contribution in [0.5, 0.6) is 0 Å². The van der Waals surface area contributed by atoms with Crippen molar-refractivity contribution in [2.45, 2.75) is 50.0 Å². The van der Waals surface area contributed by atoms with E-state index in [-0.39, 0.29) is 16.5 Å². The second kappa shape index (κ2) is 6.36. The van der Waals surface area contributed by atoms with Gasteiger partial charge in [-0.3, -0.25) is 9.53 Å². The lowest BCUT2D eigenvalue weighted by Gasteiger charge is -2.35. The highest BCUT2D eigenvalue weighted by atomic mass is 32.2. The van der Waals surface area contributed by atoms with Crippen molar-refractivity contribution in [3.63, 3.8) is 0 Å². The Labute approximate surface area is 133 Å². The molecular formula is C16H23N3O2S. The van der Waals surface area contributed by atoms with Crippen LogP contribution in [0.1, 0.15) is 37.9 Å². The molecule has 3 atom stereocenters. The van der Waals surface area contributed by atoms with E-state index < -0.39 is 10.8 Å². The maximum atomic E-state index is 12.5. The van der Waals surface area contributed by atoms with Gasteiger partial charge in [-0.25, -0.2) is 9.78 Å². The molecule has 1 aromatic heterocycles. The molecule has 1 N–H and O–H groups in total. The third-order valence-corrected chi connectivity index (χ3v) is 6.61. The molecule has 3 unspecified atom stereocenters. The van der Waals surface area contributed by atoms with Crippen LogP contribution in [-0.2, 0) is 23.6 Å². The smallest absolute Gasteiger partial charge is 0.322 e. The monoisotopic (exact) mass is 321 g/mol. The summed E-state index contributed by atoms with van der Waals surface area (Å²) in [6, 6.07) is 3.81. The Morgan fingerprint density at radius 3 is 3.00 bits per heavy atom. The number of aromatic nitrogens is 1. The first-order valence-electron chi connectivity index (χ1n) is 8.02. The molecular weight excluding hydrogens is 298 g/mol. The number of hydrogen-bond acceptors (Lipinski definition) is 3. The quantitative estimate of drug-likeness (QED) is 0.909. The van der Waals surface area contributed by atoms with Crippen molar-refractivity contribution in [3.05, 3.63) is 23.4 Å². The summed E-state index contributed by atoms with van der Waals surface area (Å²) in [5.74, 6) is 0.623. The summed E-state index contributed by atoms with van der Waals surface area (Å²) in [5, 5.41) is 3.00. The number of anilines is 1. The van der Waals surface area contributed by atoms with E-state index in [0.29, 0.717) is 18.9 Å². The molecule has 0 spiro atoms. The largest absolute Gasteiger partial charge is 0.323 e. The second-order valence-corrected chi connectivity index (χ2v) is 8.29. The van der Waals surface area contributed by atoms with Gasteiger partial charge in [-0.15, -0.1) is 0 Å². The Morgan fingerprint density at radius 2 is 2.23 bits per heavy atom. The predicted molar refractivity (Wildman–Crippen MR) is 88.5 cm³/mol. The molecule has 22 heavy (non-hydrogen) atoms. The van der Waals surface area contributed by atoms with Crippen molar-refractivity contribution in [3.8, 4) is 0 Å². The summed E-state index contributed by atoms with van der Waals surface area (Å²) in [7, 11) is -0.844. The first-order chi connectivity index (χ1) is 10.6. The lowest BCUT2D eigenvalue weighted by atomic mass is 10.2. The Kier molecular flexibility index (Phi) is 4.47. The molecule has 120 valence electrons. The number of fused-ring (bicyclic) bond motifs is 1. The molecule has 2 heterocycles. The SMILES string of the molecule is CCC1CN(C(=O)Nc2ccc3c(n2)CCC3)CC(C)S1=O. The molecule has 1 aliphatic carbocycles. The fourth-order valence-electron chi connectivity index (χ4n) is 3.24. The van der Waals surface area contributed by atoms with Crippen molar-refractivity contribution < 1.29 is 9.00 Å². The first-order valence-corrected chi connectivity index (χ1v) is 9.30. The maximum Gasteiger partial charge on any atom is 0.323 e. The lowest BCUT2D eigenvalue weighted by molar-refractivity contribution is 0.209. The number of hydrogen-bond donors (Lipinski definition) is 1. The van der Waals surface area contributed by atoms with Gasteiger partial charge in [0.15, 0.2) is 0 Å². The average molecular weight is 321 g/mol. The third-order valence-electron chi connectivity index (χ3n) is 4.53. The van der Waals surface area contributed by atoms with Gasteiger partial charge in [0.05, 0.1) is 5.25 Å². The normalized spacial score (nSPS) is 27.5. The zero-order valence-corrected chi connectivity index (χ0v) is 14.0. The first kappa shape index (κ1) is 15.5. The molecule has 1 fully saturated rings. The maximum absolute atomic E-state index is 12.5. The minimum absolute atomic E-state index is 0.0254. The van der Waals surface area contributed by atoms with Crippen LogP contribution < -0.4 is 5.32 Å². The van der Waals surface area contributed by atoms with Gasteiger partial charge in [-0.2, -0.15) is 0 Å². The number of rotatable bonds is 2. The van der Waals surface area contributed by atoms with Crippen molar-refractivity contribution in [2.24, 2.45) is 0 Å². The predicted octanol–water partition coefficient (Wildman–Crippen LogP) is 2.33. The summed E-state index contributed by atoms with van der Waals surface area (Å²) < 4.78 is 12.2. The summed E-state index contributed by atoms with van der Waals surface area (Å²) in [6.45, 7) is 5.08. The minimum Gasteiger partial charge on any atom is -0.322 e. The molecule has 0 bridgehead atoms. The molecule has 3 rings (SSSR count). The van der Waals surface area contributed by atoms with Crippen molar-refractivity contribution in [1.29, 1.82) is 0 Å². The average Bonchev–Trinajstić information content (AvgIpc) is 2.97. The molecule has 1 saturated heterocycles. The number of carbonyl (C=O) groups is 1. The third kappa shape index (κ3) is 3.02.